The van der Waals surface area contributed by atoms with Crippen molar-refractivity contribution in [3.8, 4) is 17.0 Å². The van der Waals surface area contributed by atoms with Gasteiger partial charge in [-0.15, -0.1) is 11.3 Å². The zero-order chi connectivity index (χ0) is 22.7. The Kier molecular flexibility index (Phi) is 7.32. The third kappa shape index (κ3) is 5.07. The van der Waals surface area contributed by atoms with E-state index in [9.17, 15) is 4.79 Å². The van der Waals surface area contributed by atoms with Crippen LogP contribution >= 0.6 is 34.5 Å². The van der Waals surface area contributed by atoms with Gasteiger partial charge in [0.1, 0.15) is 17.2 Å². The molecule has 1 fully saturated rings. The second-order valence-corrected chi connectivity index (χ2v) is 9.17. The molecule has 3 heterocycles. The molecule has 0 spiro atoms. The summed E-state index contributed by atoms with van der Waals surface area (Å²) in [6.45, 7) is 7.66. The summed E-state index contributed by atoms with van der Waals surface area (Å²) in [5.74, 6) is 0.453. The van der Waals surface area contributed by atoms with Crippen molar-refractivity contribution in [3.05, 3.63) is 33.1 Å². The number of thiophene rings is 1. The molecule has 3 aromatic rings. The zero-order valence-corrected chi connectivity index (χ0v) is 19.9. The van der Waals surface area contributed by atoms with Crippen LogP contribution in [0.5, 0.6) is 5.75 Å². The van der Waals surface area contributed by atoms with Crippen LogP contribution in [0.2, 0.25) is 10.0 Å². The topological polar surface area (TPSA) is 105 Å². The van der Waals surface area contributed by atoms with Gasteiger partial charge in [-0.3, -0.25) is 9.69 Å². The number of nitrogens with two attached hydrogens (primary N) is 1. The van der Waals surface area contributed by atoms with E-state index < -0.39 is 0 Å². The van der Waals surface area contributed by atoms with Crippen molar-refractivity contribution in [1.29, 1.82) is 0 Å². The standard InChI is InChI=1S/C21H24Cl2N6O2S/c1-2-26-19(30)17-10-13-18(27-21(24)28-20(13)32-17)12-9-16(15(23)11-14(12)22)31-8-7-29-5-3-25-4-6-29/h9-11,25H,2-8H2,1H3,(H,26,30)(H2,24,27,28). The van der Waals surface area contributed by atoms with E-state index in [1.165, 1.54) is 11.3 Å². The van der Waals surface area contributed by atoms with Crippen LogP contribution < -0.4 is 21.1 Å². The number of halogens is 2. The first-order valence-electron chi connectivity index (χ1n) is 10.4. The first-order valence-corrected chi connectivity index (χ1v) is 11.9. The SMILES string of the molecule is CCNC(=O)c1cc2c(-c3cc(OCCN4CCNCC4)c(Cl)cc3Cl)nc(N)nc2s1. The molecule has 0 bridgehead atoms. The highest BCUT2D eigenvalue weighted by Gasteiger charge is 2.19. The number of aromatic nitrogens is 2. The largest absolute Gasteiger partial charge is 0.491 e. The maximum absolute atomic E-state index is 12.3. The first kappa shape index (κ1) is 23.0. The van der Waals surface area contributed by atoms with E-state index in [-0.39, 0.29) is 11.9 Å². The highest BCUT2D eigenvalue weighted by atomic mass is 35.5. The summed E-state index contributed by atoms with van der Waals surface area (Å²) in [4.78, 5) is 24.5. The zero-order valence-electron chi connectivity index (χ0n) is 17.6. The molecular weight excluding hydrogens is 471 g/mol. The van der Waals surface area contributed by atoms with Crippen LogP contribution in [0.25, 0.3) is 21.5 Å². The van der Waals surface area contributed by atoms with E-state index in [4.69, 9.17) is 33.7 Å². The molecular formula is C21H24Cl2N6O2S. The van der Waals surface area contributed by atoms with E-state index in [1.54, 1.807) is 18.2 Å². The summed E-state index contributed by atoms with van der Waals surface area (Å²) in [5.41, 5.74) is 7.11. The molecule has 2 aromatic heterocycles. The summed E-state index contributed by atoms with van der Waals surface area (Å²) < 4.78 is 5.99. The number of nitrogen functional groups attached to an aromatic ring is 1. The van der Waals surface area contributed by atoms with Crippen molar-refractivity contribution >= 4 is 56.6 Å². The summed E-state index contributed by atoms with van der Waals surface area (Å²) >= 11 is 14.2. The smallest absolute Gasteiger partial charge is 0.261 e. The fraction of sp³-hybridized carbons (Fsp3) is 0.381. The minimum Gasteiger partial charge on any atom is -0.491 e. The summed E-state index contributed by atoms with van der Waals surface area (Å²) in [6.07, 6.45) is 0. The monoisotopic (exact) mass is 494 g/mol. The number of piperazine rings is 1. The fourth-order valence-corrected chi connectivity index (χ4v) is 5.03. The summed E-state index contributed by atoms with van der Waals surface area (Å²) in [5, 5.41) is 7.66. The minimum absolute atomic E-state index is 0.101. The van der Waals surface area contributed by atoms with Gasteiger partial charge in [0, 0.05) is 50.2 Å². The first-order chi connectivity index (χ1) is 15.5. The van der Waals surface area contributed by atoms with Crippen molar-refractivity contribution in [2.75, 3.05) is 51.6 Å². The second-order valence-electron chi connectivity index (χ2n) is 7.32. The number of nitrogens with one attached hydrogen (secondary N) is 2. The predicted octanol–water partition coefficient (Wildman–Crippen LogP) is 3.28. The van der Waals surface area contributed by atoms with Crippen LogP contribution in [0.1, 0.15) is 16.6 Å². The number of fused-ring (bicyclic) bond motifs is 1. The number of rotatable bonds is 7. The lowest BCUT2D eigenvalue weighted by Crippen LogP contribution is -2.44. The van der Waals surface area contributed by atoms with E-state index in [0.717, 1.165) is 32.7 Å². The third-order valence-electron chi connectivity index (χ3n) is 5.12. The van der Waals surface area contributed by atoms with Crippen LogP contribution in [0.15, 0.2) is 18.2 Å². The van der Waals surface area contributed by atoms with Gasteiger partial charge in [-0.1, -0.05) is 23.2 Å². The maximum Gasteiger partial charge on any atom is 0.261 e. The molecule has 0 radical (unpaired) electrons. The van der Waals surface area contributed by atoms with Crippen molar-refractivity contribution in [1.82, 2.24) is 25.5 Å². The molecule has 1 aliphatic heterocycles. The molecule has 0 atom stereocenters. The number of carbonyl (C=O) groups excluding carboxylic acids is 1. The lowest BCUT2D eigenvalue weighted by Gasteiger charge is -2.27. The van der Waals surface area contributed by atoms with Gasteiger partial charge in [0.05, 0.1) is 20.6 Å². The van der Waals surface area contributed by atoms with Crippen LogP contribution in [0.3, 0.4) is 0 Å². The quantitative estimate of drug-likeness (QED) is 0.462. The van der Waals surface area contributed by atoms with Gasteiger partial charge in [-0.05, 0) is 25.1 Å². The molecule has 4 N–H and O–H groups in total. The van der Waals surface area contributed by atoms with E-state index in [2.05, 4.69) is 25.5 Å². The number of carbonyl (C=O) groups is 1. The number of hydrogen-bond acceptors (Lipinski definition) is 8. The van der Waals surface area contributed by atoms with Crippen LogP contribution in [-0.2, 0) is 0 Å². The second kappa shape index (κ2) is 10.2. The number of amides is 1. The van der Waals surface area contributed by atoms with Gasteiger partial charge in [0.15, 0.2) is 0 Å². The number of nitrogens with zero attached hydrogens (tertiary/aromatic N) is 3. The van der Waals surface area contributed by atoms with Crippen LogP contribution in [0.4, 0.5) is 5.95 Å². The Morgan fingerprint density at radius 2 is 2.03 bits per heavy atom. The van der Waals surface area contributed by atoms with Crippen molar-refractivity contribution in [2.45, 2.75) is 6.92 Å². The number of ether oxygens (including phenoxy) is 1. The van der Waals surface area contributed by atoms with Gasteiger partial charge < -0.3 is 21.1 Å². The molecule has 1 aliphatic rings. The van der Waals surface area contributed by atoms with Crippen molar-refractivity contribution in [3.63, 3.8) is 0 Å². The van der Waals surface area contributed by atoms with E-state index in [1.807, 2.05) is 6.92 Å². The number of benzene rings is 1. The Morgan fingerprint density at radius 3 is 2.78 bits per heavy atom. The Balaban J connectivity index is 1.64. The molecule has 1 amide bonds. The fourth-order valence-electron chi connectivity index (χ4n) is 3.54. The molecule has 4 rings (SSSR count). The Bertz CT molecular complexity index is 1130. The average molecular weight is 495 g/mol. The lowest BCUT2D eigenvalue weighted by atomic mass is 10.1. The molecule has 32 heavy (non-hydrogen) atoms. The molecule has 1 aromatic carbocycles. The lowest BCUT2D eigenvalue weighted by molar-refractivity contribution is 0.0960. The molecule has 11 heteroatoms. The number of hydrogen-bond donors (Lipinski definition) is 3. The molecule has 0 aliphatic carbocycles. The Labute approximate surface area is 200 Å². The average Bonchev–Trinajstić information content (AvgIpc) is 3.20. The normalized spacial score (nSPS) is 14.6. The number of anilines is 1. The predicted molar refractivity (Wildman–Crippen MR) is 130 cm³/mol. The van der Waals surface area contributed by atoms with Gasteiger partial charge in [0.25, 0.3) is 5.91 Å². The summed E-state index contributed by atoms with van der Waals surface area (Å²) in [6, 6.07) is 5.17. The third-order valence-corrected chi connectivity index (χ3v) is 6.76. The van der Waals surface area contributed by atoms with Crippen LogP contribution in [0, 0.1) is 0 Å². The van der Waals surface area contributed by atoms with Crippen LogP contribution in [-0.4, -0.2) is 66.7 Å². The molecule has 0 unspecified atom stereocenters. The van der Waals surface area contributed by atoms with E-state index >= 15 is 0 Å². The highest BCUT2D eigenvalue weighted by molar-refractivity contribution is 7.20. The Morgan fingerprint density at radius 1 is 1.25 bits per heavy atom. The summed E-state index contributed by atoms with van der Waals surface area (Å²) in [7, 11) is 0. The van der Waals surface area contributed by atoms with Gasteiger partial charge >= 0.3 is 0 Å². The van der Waals surface area contributed by atoms with Crippen molar-refractivity contribution < 1.29 is 9.53 Å². The van der Waals surface area contributed by atoms with Gasteiger partial charge in [0.2, 0.25) is 5.95 Å². The maximum atomic E-state index is 12.3. The minimum atomic E-state index is -0.167. The Hall–Kier alpha value is -2.17. The molecule has 0 saturated carbocycles. The highest BCUT2D eigenvalue weighted by Crippen LogP contribution is 2.40. The molecule has 8 nitrogen and oxygen atoms in total. The van der Waals surface area contributed by atoms with Gasteiger partial charge in [-0.2, -0.15) is 0 Å². The molecule has 170 valence electrons. The van der Waals surface area contributed by atoms with Gasteiger partial charge in [-0.25, -0.2) is 9.97 Å². The molecule has 1 saturated heterocycles. The van der Waals surface area contributed by atoms with E-state index in [0.29, 0.717) is 55.3 Å². The van der Waals surface area contributed by atoms with Crippen molar-refractivity contribution in [2.24, 2.45) is 0 Å².